The standard InChI is InChI=1S/C37H42N4O6P/c1-25-23-41(36(42)39-35(25)38-33-12-9-21-40(33)2)34-22-31(32(46-34)24-48(5)43)47-37(26-10-7-6-8-11-26,27-13-17-29(44-3)18-14-27)28-15-19-30(45-4)20-16-28/h6-8,10-11,13-20,23,31-32,34H,9,12,21-22,24H2,1-5H3/q+1/t31?,32-,34?/m1/s1. The number of aryl methyl sites for hydroxylation is 1. The second kappa shape index (κ2) is 14.4. The van der Waals surface area contributed by atoms with E-state index in [4.69, 9.17) is 23.9 Å². The summed E-state index contributed by atoms with van der Waals surface area (Å²) in [6.45, 7) is 4.52. The third-order valence-electron chi connectivity index (χ3n) is 9.11. The smallest absolute Gasteiger partial charge is 0.351 e. The summed E-state index contributed by atoms with van der Waals surface area (Å²) < 4.78 is 39.2. The number of ether oxygens (including phenoxy) is 4. The summed E-state index contributed by atoms with van der Waals surface area (Å²) in [5.74, 6) is 2.78. The maximum Gasteiger partial charge on any atom is 0.351 e. The van der Waals surface area contributed by atoms with Crippen LogP contribution in [0.4, 0.5) is 5.82 Å². The maximum absolute atomic E-state index is 13.5. The number of aromatic nitrogens is 2. The Morgan fingerprint density at radius 2 is 1.56 bits per heavy atom. The molecule has 0 saturated carbocycles. The lowest BCUT2D eigenvalue weighted by Crippen LogP contribution is -2.40. The van der Waals surface area contributed by atoms with E-state index >= 15 is 0 Å². The van der Waals surface area contributed by atoms with Crippen molar-refractivity contribution in [1.29, 1.82) is 0 Å². The maximum atomic E-state index is 13.5. The SMILES string of the molecule is COc1ccc(C(OC2CC(n3cc(C)c(N=C4CCCN4C)nc3=O)O[C@@H]2C[P+](C)=O)(c2ccccc2)c2ccc(OC)cc2)cc1. The molecule has 2 aliphatic rings. The van der Waals surface area contributed by atoms with Crippen LogP contribution in [0.15, 0.2) is 94.8 Å². The van der Waals surface area contributed by atoms with Gasteiger partial charge in [-0.1, -0.05) is 59.2 Å². The molecule has 250 valence electrons. The highest BCUT2D eigenvalue weighted by molar-refractivity contribution is 7.43. The van der Waals surface area contributed by atoms with E-state index in [2.05, 4.69) is 9.88 Å². The van der Waals surface area contributed by atoms with Gasteiger partial charge in [-0.25, -0.2) is 9.79 Å². The van der Waals surface area contributed by atoms with Gasteiger partial charge in [-0.15, -0.1) is 0 Å². The Labute approximate surface area is 282 Å². The third kappa shape index (κ3) is 6.79. The van der Waals surface area contributed by atoms with Crippen molar-refractivity contribution in [3.63, 3.8) is 0 Å². The molecule has 2 fully saturated rings. The quantitative estimate of drug-likeness (QED) is 0.133. The van der Waals surface area contributed by atoms with E-state index < -0.39 is 37.5 Å². The normalized spacial score (nSPS) is 20.7. The number of aliphatic imine (C=N–C) groups is 1. The first-order chi connectivity index (χ1) is 23.2. The van der Waals surface area contributed by atoms with Crippen LogP contribution >= 0.6 is 7.80 Å². The molecule has 1 aromatic heterocycles. The molecule has 0 aliphatic carbocycles. The molecule has 3 unspecified atom stereocenters. The minimum Gasteiger partial charge on any atom is -0.497 e. The molecule has 10 nitrogen and oxygen atoms in total. The van der Waals surface area contributed by atoms with Gasteiger partial charge in [0.1, 0.15) is 41.9 Å². The molecule has 4 aromatic rings. The van der Waals surface area contributed by atoms with E-state index in [-0.39, 0.29) is 6.16 Å². The second-order valence-electron chi connectivity index (χ2n) is 12.3. The lowest BCUT2D eigenvalue weighted by atomic mass is 9.79. The fourth-order valence-electron chi connectivity index (χ4n) is 6.60. The molecule has 0 radical (unpaired) electrons. The van der Waals surface area contributed by atoms with Gasteiger partial charge in [-0.3, -0.25) is 4.57 Å². The zero-order valence-corrected chi connectivity index (χ0v) is 28.9. The molecule has 0 bridgehead atoms. The first-order valence-electron chi connectivity index (χ1n) is 16.2. The summed E-state index contributed by atoms with van der Waals surface area (Å²) in [5.41, 5.74) is 1.86. The number of likely N-dealkylation sites (tertiary alicyclic amines) is 1. The molecule has 11 heteroatoms. The predicted molar refractivity (Wildman–Crippen MR) is 186 cm³/mol. The molecule has 2 aliphatic heterocycles. The summed E-state index contributed by atoms with van der Waals surface area (Å²) in [7, 11) is 3.68. The summed E-state index contributed by atoms with van der Waals surface area (Å²) in [4.78, 5) is 24.7. The third-order valence-corrected chi connectivity index (χ3v) is 9.98. The van der Waals surface area contributed by atoms with E-state index in [1.165, 1.54) is 4.57 Å². The Kier molecular flexibility index (Phi) is 10.1. The monoisotopic (exact) mass is 669 g/mol. The number of methoxy groups -OCH3 is 2. The minimum atomic E-state index is -1.59. The van der Waals surface area contributed by atoms with Crippen molar-refractivity contribution in [3.8, 4) is 11.5 Å². The summed E-state index contributed by atoms with van der Waals surface area (Å²) >= 11 is 0. The zero-order valence-electron chi connectivity index (χ0n) is 28.0. The average molecular weight is 670 g/mol. The number of hydrogen-bond acceptors (Lipinski definition) is 8. The van der Waals surface area contributed by atoms with Crippen molar-refractivity contribution in [3.05, 3.63) is 118 Å². The van der Waals surface area contributed by atoms with Crippen LogP contribution in [0, 0.1) is 6.92 Å². The minimum absolute atomic E-state index is 0.270. The first kappa shape index (κ1) is 33.5. The van der Waals surface area contributed by atoms with E-state index in [0.717, 1.165) is 59.0 Å². The van der Waals surface area contributed by atoms with Crippen molar-refractivity contribution in [2.24, 2.45) is 4.99 Å². The molecule has 2 saturated heterocycles. The van der Waals surface area contributed by atoms with Gasteiger partial charge in [-0.2, -0.15) is 4.98 Å². The molecule has 6 rings (SSSR count). The number of rotatable bonds is 11. The molecule has 0 N–H and O–H groups in total. The van der Waals surface area contributed by atoms with Crippen LogP contribution < -0.4 is 15.2 Å². The Bertz CT molecular complexity index is 1780. The number of nitrogens with zero attached hydrogens (tertiary/aromatic N) is 4. The van der Waals surface area contributed by atoms with Crippen molar-refractivity contribution in [2.75, 3.05) is 40.6 Å². The Morgan fingerprint density at radius 3 is 2.10 bits per heavy atom. The number of hydrogen-bond donors (Lipinski definition) is 0. The van der Waals surface area contributed by atoms with Crippen LogP contribution in [-0.2, 0) is 19.6 Å². The summed E-state index contributed by atoms with van der Waals surface area (Å²) in [6.07, 6.45) is 2.48. The van der Waals surface area contributed by atoms with Crippen LogP contribution in [0.1, 0.15) is 47.7 Å². The fourth-order valence-corrected chi connectivity index (χ4v) is 7.43. The molecular weight excluding hydrogens is 627 g/mol. The van der Waals surface area contributed by atoms with E-state index in [9.17, 15) is 9.36 Å². The fraction of sp³-hybridized carbons (Fsp3) is 0.378. The molecule has 0 spiro atoms. The summed E-state index contributed by atoms with van der Waals surface area (Å²) in [6, 6.07) is 25.7. The van der Waals surface area contributed by atoms with Gasteiger partial charge in [-0.05, 0) is 54.3 Å². The van der Waals surface area contributed by atoms with Gasteiger partial charge in [0.25, 0.3) is 0 Å². The van der Waals surface area contributed by atoms with Gasteiger partial charge in [0.15, 0.2) is 12.0 Å². The zero-order chi connectivity index (χ0) is 33.8. The van der Waals surface area contributed by atoms with Crippen LogP contribution in [0.3, 0.4) is 0 Å². The van der Waals surface area contributed by atoms with Crippen LogP contribution in [-0.4, -0.2) is 73.1 Å². The lowest BCUT2D eigenvalue weighted by Gasteiger charge is -2.39. The van der Waals surface area contributed by atoms with E-state index in [1.54, 1.807) is 27.1 Å². The molecule has 48 heavy (non-hydrogen) atoms. The van der Waals surface area contributed by atoms with Gasteiger partial charge >= 0.3 is 13.5 Å². The van der Waals surface area contributed by atoms with Gasteiger partial charge in [0.05, 0.1) is 20.3 Å². The highest BCUT2D eigenvalue weighted by Gasteiger charge is 2.48. The predicted octanol–water partition coefficient (Wildman–Crippen LogP) is 6.45. The molecular formula is C37H42N4O6P+. The highest BCUT2D eigenvalue weighted by atomic mass is 31.1. The van der Waals surface area contributed by atoms with Crippen molar-refractivity contribution in [1.82, 2.24) is 14.5 Å². The van der Waals surface area contributed by atoms with Crippen LogP contribution in [0.25, 0.3) is 0 Å². The number of benzene rings is 3. The van der Waals surface area contributed by atoms with Crippen molar-refractivity contribution in [2.45, 2.75) is 50.2 Å². The van der Waals surface area contributed by atoms with Crippen LogP contribution in [0.2, 0.25) is 0 Å². The Morgan fingerprint density at radius 1 is 0.958 bits per heavy atom. The van der Waals surface area contributed by atoms with Crippen molar-refractivity contribution < 1.29 is 23.5 Å². The number of amidine groups is 1. The van der Waals surface area contributed by atoms with E-state index in [1.807, 2.05) is 92.8 Å². The second-order valence-corrected chi connectivity index (χ2v) is 13.9. The highest BCUT2D eigenvalue weighted by Crippen LogP contribution is 2.46. The van der Waals surface area contributed by atoms with Gasteiger partial charge in [0.2, 0.25) is 0 Å². The Balaban J connectivity index is 1.43. The topological polar surface area (TPSA) is 104 Å². The molecule has 0 amide bonds. The van der Waals surface area contributed by atoms with Gasteiger partial charge in [0, 0.05) is 38.2 Å². The lowest BCUT2D eigenvalue weighted by molar-refractivity contribution is -0.0783. The van der Waals surface area contributed by atoms with Crippen LogP contribution in [0.5, 0.6) is 11.5 Å². The van der Waals surface area contributed by atoms with Gasteiger partial charge < -0.3 is 23.8 Å². The Hall–Kier alpha value is -4.37. The molecule has 3 aromatic carbocycles. The van der Waals surface area contributed by atoms with E-state index in [0.29, 0.717) is 12.2 Å². The molecule has 4 atom stereocenters. The average Bonchev–Trinajstić information content (AvgIpc) is 3.69. The first-order valence-corrected chi connectivity index (χ1v) is 18.1. The largest absolute Gasteiger partial charge is 0.497 e. The van der Waals surface area contributed by atoms with Crippen molar-refractivity contribution >= 4 is 19.5 Å². The molecule has 3 heterocycles. The summed E-state index contributed by atoms with van der Waals surface area (Å²) in [5, 5.41) is 0.